The first-order valence-electron chi connectivity index (χ1n) is 7.28. The second-order valence-electron chi connectivity index (χ2n) is 6.19. The molecule has 0 N–H and O–H groups in total. The summed E-state index contributed by atoms with van der Waals surface area (Å²) >= 11 is 0. The monoisotopic (exact) mass is 310 g/mol. The van der Waals surface area contributed by atoms with Crippen molar-refractivity contribution in [2.24, 2.45) is 0 Å². The lowest BCUT2D eigenvalue weighted by molar-refractivity contribution is -0.165. The van der Waals surface area contributed by atoms with Gasteiger partial charge >= 0.3 is 5.97 Å². The fourth-order valence-electron chi connectivity index (χ4n) is 2.32. The molecule has 1 aromatic rings. The highest BCUT2D eigenvalue weighted by atomic mass is 32.2. The van der Waals surface area contributed by atoms with Crippen LogP contribution >= 0.6 is 0 Å². The van der Waals surface area contributed by atoms with Crippen molar-refractivity contribution >= 4 is 15.8 Å². The third-order valence-corrected chi connectivity index (χ3v) is 6.16. The zero-order valence-corrected chi connectivity index (χ0v) is 13.6. The molecular weight excluding hydrogens is 288 g/mol. The number of hydrogen-bond donors (Lipinski definition) is 0. The van der Waals surface area contributed by atoms with Crippen molar-refractivity contribution in [3.8, 4) is 0 Å². The molecule has 1 aliphatic carbocycles. The number of sulfone groups is 1. The van der Waals surface area contributed by atoms with Gasteiger partial charge in [0.25, 0.3) is 0 Å². The van der Waals surface area contributed by atoms with Crippen molar-refractivity contribution in [1.29, 1.82) is 0 Å². The predicted octanol–water partition coefficient (Wildman–Crippen LogP) is 2.90. The molecular formula is C16H22O4S. The lowest BCUT2D eigenvalue weighted by Crippen LogP contribution is -2.39. The second-order valence-corrected chi connectivity index (χ2v) is 8.70. The Balaban J connectivity index is 2.01. The van der Waals surface area contributed by atoms with Crippen molar-refractivity contribution in [2.75, 3.05) is 0 Å². The van der Waals surface area contributed by atoms with Crippen LogP contribution in [0.1, 0.15) is 45.6 Å². The number of rotatable bonds is 5. The van der Waals surface area contributed by atoms with Crippen LogP contribution in [0.5, 0.6) is 0 Å². The highest BCUT2D eigenvalue weighted by molar-refractivity contribution is 7.92. The number of ether oxygens (including phenoxy) is 1. The second kappa shape index (κ2) is 5.79. The molecule has 1 fully saturated rings. The Labute approximate surface area is 126 Å². The van der Waals surface area contributed by atoms with Gasteiger partial charge in [0, 0.05) is 0 Å². The summed E-state index contributed by atoms with van der Waals surface area (Å²) in [4.78, 5) is 12.2. The minimum absolute atomic E-state index is 0.178. The molecule has 0 saturated heterocycles. The van der Waals surface area contributed by atoms with E-state index in [-0.39, 0.29) is 18.0 Å². The molecule has 0 atom stereocenters. The topological polar surface area (TPSA) is 60.4 Å². The van der Waals surface area contributed by atoms with Crippen LogP contribution in [0.25, 0.3) is 0 Å². The third kappa shape index (κ3) is 3.64. The highest BCUT2D eigenvalue weighted by Crippen LogP contribution is 2.35. The van der Waals surface area contributed by atoms with Gasteiger partial charge in [-0.05, 0) is 57.7 Å². The molecule has 0 aromatic heterocycles. The van der Waals surface area contributed by atoms with E-state index >= 15 is 0 Å². The smallest absolute Gasteiger partial charge is 0.310 e. The van der Waals surface area contributed by atoms with Crippen molar-refractivity contribution in [1.82, 2.24) is 0 Å². The van der Waals surface area contributed by atoms with Crippen molar-refractivity contribution < 1.29 is 17.9 Å². The van der Waals surface area contributed by atoms with Crippen LogP contribution in [-0.2, 0) is 25.8 Å². The van der Waals surface area contributed by atoms with E-state index in [0.717, 1.165) is 24.8 Å². The summed E-state index contributed by atoms with van der Waals surface area (Å²) in [5, 5.41) is -0.452. The molecule has 0 spiro atoms. The van der Waals surface area contributed by atoms with Gasteiger partial charge in [0.2, 0.25) is 0 Å². The van der Waals surface area contributed by atoms with Gasteiger partial charge in [-0.15, -0.1) is 0 Å². The van der Waals surface area contributed by atoms with Crippen molar-refractivity contribution in [3.05, 3.63) is 29.8 Å². The number of hydrogen-bond acceptors (Lipinski definition) is 4. The fourth-order valence-corrected chi connectivity index (χ4v) is 3.38. The minimum Gasteiger partial charge on any atom is -0.459 e. The standard InChI is InChI=1S/C16H22O4S/c1-12(2)21(18,19)14-7-5-13(6-8-14)11-15(17)20-16(3)9-4-10-16/h5-8,12H,4,9-11H2,1-3H3. The Morgan fingerprint density at radius 2 is 1.81 bits per heavy atom. The van der Waals surface area contributed by atoms with E-state index in [1.807, 2.05) is 6.92 Å². The summed E-state index contributed by atoms with van der Waals surface area (Å²) in [6.07, 6.45) is 3.12. The van der Waals surface area contributed by atoms with Crippen LogP contribution in [0.15, 0.2) is 29.2 Å². The molecule has 0 amide bonds. The zero-order valence-electron chi connectivity index (χ0n) is 12.8. The maximum absolute atomic E-state index is 12.0. The van der Waals surface area contributed by atoms with E-state index in [0.29, 0.717) is 4.90 Å². The Morgan fingerprint density at radius 3 is 2.24 bits per heavy atom. The van der Waals surface area contributed by atoms with E-state index in [2.05, 4.69) is 0 Å². The van der Waals surface area contributed by atoms with Gasteiger partial charge in [-0.2, -0.15) is 0 Å². The number of carbonyl (C=O) groups excluding carboxylic acids is 1. The third-order valence-electron chi connectivity index (χ3n) is 3.99. The average Bonchev–Trinajstić information content (AvgIpc) is 2.37. The summed E-state index contributed by atoms with van der Waals surface area (Å²) in [6, 6.07) is 6.48. The van der Waals surface area contributed by atoms with E-state index in [9.17, 15) is 13.2 Å². The zero-order chi connectivity index (χ0) is 15.7. The van der Waals surface area contributed by atoms with E-state index < -0.39 is 15.1 Å². The summed E-state index contributed by atoms with van der Waals surface area (Å²) in [5.74, 6) is -0.253. The van der Waals surface area contributed by atoms with Crippen LogP contribution in [0, 0.1) is 0 Å². The SMILES string of the molecule is CC(C)S(=O)(=O)c1ccc(CC(=O)OC2(C)CCC2)cc1. The molecule has 1 aliphatic rings. The van der Waals surface area contributed by atoms with Crippen LogP contribution < -0.4 is 0 Å². The highest BCUT2D eigenvalue weighted by Gasteiger charge is 2.35. The molecule has 4 nitrogen and oxygen atoms in total. The summed E-state index contributed by atoms with van der Waals surface area (Å²) in [7, 11) is -3.26. The van der Waals surface area contributed by atoms with Gasteiger partial charge in [-0.1, -0.05) is 12.1 Å². The van der Waals surface area contributed by atoms with E-state index in [1.54, 1.807) is 38.1 Å². The molecule has 116 valence electrons. The molecule has 0 unspecified atom stereocenters. The Kier molecular flexibility index (Phi) is 4.42. The summed E-state index contributed by atoms with van der Waals surface area (Å²) in [5.41, 5.74) is 0.475. The van der Waals surface area contributed by atoms with Crippen LogP contribution in [0.4, 0.5) is 0 Å². The fraction of sp³-hybridized carbons (Fsp3) is 0.562. The molecule has 0 bridgehead atoms. The number of benzene rings is 1. The van der Waals surface area contributed by atoms with Gasteiger partial charge in [0.1, 0.15) is 5.60 Å². The molecule has 1 aromatic carbocycles. The van der Waals surface area contributed by atoms with Gasteiger partial charge < -0.3 is 4.74 Å². The largest absolute Gasteiger partial charge is 0.459 e. The van der Waals surface area contributed by atoms with Gasteiger partial charge in [-0.25, -0.2) is 8.42 Å². The quantitative estimate of drug-likeness (QED) is 0.785. The van der Waals surface area contributed by atoms with Gasteiger partial charge in [0.15, 0.2) is 9.84 Å². The molecule has 0 heterocycles. The van der Waals surface area contributed by atoms with E-state index in [4.69, 9.17) is 4.74 Å². The normalized spacial score (nSPS) is 17.3. The number of carbonyl (C=O) groups is 1. The Hall–Kier alpha value is -1.36. The predicted molar refractivity (Wildman–Crippen MR) is 80.8 cm³/mol. The Morgan fingerprint density at radius 1 is 1.24 bits per heavy atom. The lowest BCUT2D eigenvalue weighted by Gasteiger charge is -2.37. The first-order chi connectivity index (χ1) is 9.73. The summed E-state index contributed by atoms with van der Waals surface area (Å²) < 4.78 is 29.5. The minimum atomic E-state index is -3.26. The van der Waals surface area contributed by atoms with Crippen LogP contribution in [0.2, 0.25) is 0 Å². The van der Waals surface area contributed by atoms with E-state index in [1.165, 1.54) is 0 Å². The average molecular weight is 310 g/mol. The Bertz CT molecular complexity index is 610. The van der Waals surface area contributed by atoms with Crippen LogP contribution in [-0.4, -0.2) is 25.2 Å². The van der Waals surface area contributed by atoms with Crippen molar-refractivity contribution in [2.45, 2.75) is 62.2 Å². The van der Waals surface area contributed by atoms with Crippen molar-refractivity contribution in [3.63, 3.8) is 0 Å². The summed E-state index contributed by atoms with van der Waals surface area (Å²) in [6.45, 7) is 5.26. The molecule has 1 saturated carbocycles. The first kappa shape index (κ1) is 16.0. The maximum Gasteiger partial charge on any atom is 0.310 e. The number of esters is 1. The molecule has 0 radical (unpaired) electrons. The molecule has 5 heteroatoms. The maximum atomic E-state index is 12.0. The van der Waals surface area contributed by atoms with Crippen LogP contribution in [0.3, 0.4) is 0 Å². The van der Waals surface area contributed by atoms with Gasteiger partial charge in [-0.3, -0.25) is 4.79 Å². The first-order valence-corrected chi connectivity index (χ1v) is 8.82. The lowest BCUT2D eigenvalue weighted by atomic mass is 9.82. The molecule has 2 rings (SSSR count). The van der Waals surface area contributed by atoms with Gasteiger partial charge in [0.05, 0.1) is 16.6 Å². The molecule has 21 heavy (non-hydrogen) atoms. The molecule has 0 aliphatic heterocycles.